The van der Waals surface area contributed by atoms with Crippen molar-refractivity contribution >= 4 is 17.0 Å². The van der Waals surface area contributed by atoms with E-state index in [0.717, 1.165) is 27.9 Å². The second kappa shape index (κ2) is 5.06. The normalized spacial score (nSPS) is 16.6. The Bertz CT molecular complexity index is 954. The third-order valence-corrected chi connectivity index (χ3v) is 4.72. The maximum atomic E-state index is 10.2. The number of fused-ring (bicyclic) bond motifs is 5. The molecule has 0 aliphatic carbocycles. The Morgan fingerprint density at radius 2 is 1.88 bits per heavy atom. The summed E-state index contributed by atoms with van der Waals surface area (Å²) < 4.78 is 11.4. The molecule has 0 radical (unpaired) electrons. The van der Waals surface area contributed by atoms with Crippen molar-refractivity contribution in [2.24, 2.45) is 0 Å². The van der Waals surface area contributed by atoms with Crippen LogP contribution in [0.3, 0.4) is 0 Å². The average molecular weight is 335 g/mol. The van der Waals surface area contributed by atoms with E-state index in [9.17, 15) is 5.11 Å². The highest BCUT2D eigenvalue weighted by atomic mass is 16.5. The lowest BCUT2D eigenvalue weighted by Gasteiger charge is -2.35. The number of phenolic OH excluding ortho intramolecular Hbond substituents is 1. The smallest absolute Gasteiger partial charge is 0.172 e. The molecule has 0 spiro atoms. The average Bonchev–Trinajstić information content (AvgIpc) is 2.53. The van der Waals surface area contributed by atoms with Gasteiger partial charge in [0.05, 0.1) is 18.2 Å². The van der Waals surface area contributed by atoms with Crippen LogP contribution in [0.4, 0.5) is 5.69 Å². The minimum Gasteiger partial charge on any atom is -0.504 e. The molecule has 0 amide bonds. The molecule has 4 nitrogen and oxygen atoms in total. The van der Waals surface area contributed by atoms with Gasteiger partial charge in [-0.05, 0) is 44.5 Å². The van der Waals surface area contributed by atoms with Crippen LogP contribution in [0.15, 0.2) is 36.9 Å². The van der Waals surface area contributed by atoms with E-state index < -0.39 is 0 Å². The van der Waals surface area contributed by atoms with E-state index in [1.807, 2.05) is 6.07 Å². The summed E-state index contributed by atoms with van der Waals surface area (Å²) in [4.78, 5) is 0. The zero-order valence-electron chi connectivity index (χ0n) is 14.9. The second-order valence-electron chi connectivity index (χ2n) is 7.10. The molecule has 0 fully saturated rings. The third kappa shape index (κ3) is 2.21. The van der Waals surface area contributed by atoms with Crippen molar-refractivity contribution in [1.29, 1.82) is 0 Å². The highest BCUT2D eigenvalue weighted by Gasteiger charge is 2.32. The number of aromatic hydroxyl groups is 1. The van der Waals surface area contributed by atoms with Crippen LogP contribution < -0.4 is 14.8 Å². The molecular weight excluding hydrogens is 314 g/mol. The first-order valence-corrected chi connectivity index (χ1v) is 8.25. The number of ether oxygens (including phenoxy) is 2. The fraction of sp³-hybridized carbons (Fsp3) is 0.238. The standard InChI is InChI=1S/C21H21NO3/c1-11-10-21(3,4)22-14-7-6-13-18(17(11)14)12(2)25-16-9-8-15(23)20(24-5)19(13)16/h6-10,22-23H,2H2,1,3-5H3. The molecule has 2 N–H and O–H groups in total. The predicted octanol–water partition coefficient (Wildman–Crippen LogP) is 5.04. The van der Waals surface area contributed by atoms with Crippen LogP contribution in [-0.4, -0.2) is 17.8 Å². The summed E-state index contributed by atoms with van der Waals surface area (Å²) >= 11 is 0. The zero-order chi connectivity index (χ0) is 17.9. The van der Waals surface area contributed by atoms with Gasteiger partial charge in [0, 0.05) is 22.4 Å². The molecule has 25 heavy (non-hydrogen) atoms. The predicted molar refractivity (Wildman–Crippen MR) is 101 cm³/mol. The van der Waals surface area contributed by atoms with Crippen molar-refractivity contribution in [2.45, 2.75) is 26.3 Å². The number of rotatable bonds is 1. The number of allylic oxidation sites excluding steroid dienone is 1. The molecule has 0 bridgehead atoms. The van der Waals surface area contributed by atoms with E-state index >= 15 is 0 Å². The zero-order valence-corrected chi connectivity index (χ0v) is 14.9. The van der Waals surface area contributed by atoms with Crippen molar-refractivity contribution in [3.05, 3.63) is 48.0 Å². The SMILES string of the molecule is C=C1Oc2ccc(O)c(OC)c2-c2ccc3c(c21)C(C)=CC(C)(C)N3. The van der Waals surface area contributed by atoms with Gasteiger partial charge >= 0.3 is 0 Å². The lowest BCUT2D eigenvalue weighted by atomic mass is 9.83. The number of hydrogen-bond acceptors (Lipinski definition) is 4. The summed E-state index contributed by atoms with van der Waals surface area (Å²) in [6.45, 7) is 10.5. The van der Waals surface area contributed by atoms with Crippen molar-refractivity contribution in [1.82, 2.24) is 0 Å². The lowest BCUT2D eigenvalue weighted by Crippen LogP contribution is -2.32. The first-order valence-electron chi connectivity index (χ1n) is 8.25. The molecular formula is C21H21NO3. The number of methoxy groups -OCH3 is 1. The first kappa shape index (κ1) is 15.6. The summed E-state index contributed by atoms with van der Waals surface area (Å²) in [5.74, 6) is 1.74. The van der Waals surface area contributed by atoms with E-state index in [-0.39, 0.29) is 11.3 Å². The molecule has 0 aromatic heterocycles. The van der Waals surface area contributed by atoms with Crippen LogP contribution in [0.2, 0.25) is 0 Å². The Morgan fingerprint density at radius 3 is 2.60 bits per heavy atom. The van der Waals surface area contributed by atoms with Gasteiger partial charge in [-0.15, -0.1) is 0 Å². The number of phenols is 1. The monoisotopic (exact) mass is 335 g/mol. The maximum Gasteiger partial charge on any atom is 0.172 e. The molecule has 0 saturated carbocycles. The Balaban J connectivity index is 2.06. The molecule has 0 atom stereocenters. The molecule has 4 rings (SSSR count). The maximum absolute atomic E-state index is 10.2. The van der Waals surface area contributed by atoms with Gasteiger partial charge in [0.15, 0.2) is 11.5 Å². The van der Waals surface area contributed by atoms with E-state index in [4.69, 9.17) is 9.47 Å². The Hall–Kier alpha value is -2.88. The fourth-order valence-corrected chi connectivity index (χ4v) is 3.90. The summed E-state index contributed by atoms with van der Waals surface area (Å²) in [5, 5.41) is 13.7. The minimum absolute atomic E-state index is 0.0903. The number of hydrogen-bond donors (Lipinski definition) is 2. The number of benzene rings is 2. The van der Waals surface area contributed by atoms with Crippen molar-refractivity contribution in [3.8, 4) is 28.4 Å². The van der Waals surface area contributed by atoms with Gasteiger partial charge in [0.1, 0.15) is 11.5 Å². The van der Waals surface area contributed by atoms with Gasteiger partial charge in [-0.3, -0.25) is 0 Å². The Labute approximate surface area is 147 Å². The van der Waals surface area contributed by atoms with Crippen LogP contribution in [0.25, 0.3) is 22.5 Å². The third-order valence-electron chi connectivity index (χ3n) is 4.72. The Kier molecular flexibility index (Phi) is 3.16. The van der Waals surface area contributed by atoms with Crippen LogP contribution in [0.5, 0.6) is 17.2 Å². The topological polar surface area (TPSA) is 50.7 Å². The van der Waals surface area contributed by atoms with Crippen molar-refractivity contribution in [3.63, 3.8) is 0 Å². The number of nitrogens with one attached hydrogen (secondary N) is 1. The van der Waals surface area contributed by atoms with Gasteiger partial charge < -0.3 is 19.9 Å². The fourth-order valence-electron chi connectivity index (χ4n) is 3.90. The molecule has 2 aromatic carbocycles. The molecule has 2 aromatic rings. The van der Waals surface area contributed by atoms with E-state index in [1.165, 1.54) is 5.57 Å². The molecule has 4 heteroatoms. The van der Waals surface area contributed by atoms with Crippen LogP contribution >= 0.6 is 0 Å². The van der Waals surface area contributed by atoms with Gasteiger partial charge in [0.25, 0.3) is 0 Å². The van der Waals surface area contributed by atoms with Gasteiger partial charge in [0.2, 0.25) is 0 Å². The van der Waals surface area contributed by atoms with Gasteiger partial charge in [-0.1, -0.05) is 18.7 Å². The highest BCUT2D eigenvalue weighted by molar-refractivity contribution is 5.99. The largest absolute Gasteiger partial charge is 0.504 e. The van der Waals surface area contributed by atoms with E-state index in [0.29, 0.717) is 17.3 Å². The van der Waals surface area contributed by atoms with Crippen LogP contribution in [0.1, 0.15) is 31.9 Å². The van der Waals surface area contributed by atoms with E-state index in [2.05, 4.69) is 44.8 Å². The quantitative estimate of drug-likeness (QED) is 0.767. The van der Waals surface area contributed by atoms with Crippen molar-refractivity contribution in [2.75, 3.05) is 12.4 Å². The molecule has 2 aliphatic rings. The summed E-state index contributed by atoms with van der Waals surface area (Å²) in [5.41, 5.74) is 5.83. The van der Waals surface area contributed by atoms with Gasteiger partial charge in [-0.25, -0.2) is 0 Å². The lowest BCUT2D eigenvalue weighted by molar-refractivity contribution is 0.371. The first-order chi connectivity index (χ1) is 11.8. The highest BCUT2D eigenvalue weighted by Crippen LogP contribution is 2.53. The minimum atomic E-state index is -0.115. The molecule has 0 unspecified atom stereocenters. The Morgan fingerprint density at radius 1 is 1.12 bits per heavy atom. The molecule has 128 valence electrons. The molecule has 2 heterocycles. The molecule has 2 aliphatic heterocycles. The summed E-state index contributed by atoms with van der Waals surface area (Å²) in [6, 6.07) is 7.41. The molecule has 0 saturated heterocycles. The van der Waals surface area contributed by atoms with Crippen molar-refractivity contribution < 1.29 is 14.6 Å². The second-order valence-corrected chi connectivity index (χ2v) is 7.10. The van der Waals surface area contributed by atoms with E-state index in [1.54, 1.807) is 19.2 Å². The summed E-state index contributed by atoms with van der Waals surface area (Å²) in [7, 11) is 1.55. The van der Waals surface area contributed by atoms with Crippen LogP contribution in [-0.2, 0) is 0 Å². The van der Waals surface area contributed by atoms with Crippen LogP contribution in [0, 0.1) is 0 Å². The van der Waals surface area contributed by atoms with Gasteiger partial charge in [-0.2, -0.15) is 0 Å². The number of anilines is 1. The summed E-state index contributed by atoms with van der Waals surface area (Å²) in [6.07, 6.45) is 2.21.